The topological polar surface area (TPSA) is 38.3 Å². The van der Waals surface area contributed by atoms with Crippen molar-refractivity contribution in [3.63, 3.8) is 0 Å². The van der Waals surface area contributed by atoms with Crippen LogP contribution in [0, 0.1) is 19.7 Å². The number of rotatable bonds is 4. The van der Waals surface area contributed by atoms with Crippen molar-refractivity contribution in [3.8, 4) is 0 Å². The number of hydrogen-bond acceptors (Lipinski definition) is 2. The maximum atomic E-state index is 13.4. The number of methoxy groups -OCH3 is 1. The first-order valence-corrected chi connectivity index (χ1v) is 5.51. The Bertz CT molecular complexity index is 395. The molecule has 1 aromatic rings. The molecule has 1 unspecified atom stereocenters. The summed E-state index contributed by atoms with van der Waals surface area (Å²) in [5, 5.41) is 2.74. The number of nitrogens with one attached hydrogen (secondary N) is 1. The van der Waals surface area contributed by atoms with Gasteiger partial charge >= 0.3 is 0 Å². The van der Waals surface area contributed by atoms with E-state index in [1.165, 1.54) is 7.11 Å². The van der Waals surface area contributed by atoms with E-state index in [-0.39, 0.29) is 11.7 Å². The lowest BCUT2D eigenvalue weighted by atomic mass is 10.1. The Hall–Kier alpha value is -1.42. The Morgan fingerprint density at radius 1 is 1.41 bits per heavy atom. The van der Waals surface area contributed by atoms with Gasteiger partial charge in [0.05, 0.1) is 0 Å². The van der Waals surface area contributed by atoms with E-state index in [0.29, 0.717) is 17.7 Å². The van der Waals surface area contributed by atoms with Crippen LogP contribution in [0.15, 0.2) is 12.1 Å². The first-order chi connectivity index (χ1) is 7.95. The van der Waals surface area contributed by atoms with Crippen molar-refractivity contribution >= 4 is 5.91 Å². The average Bonchev–Trinajstić information content (AvgIpc) is 2.31. The number of amides is 1. The van der Waals surface area contributed by atoms with Crippen molar-refractivity contribution in [2.75, 3.05) is 7.11 Å². The lowest BCUT2D eigenvalue weighted by molar-refractivity contribution is -0.130. The van der Waals surface area contributed by atoms with Crippen LogP contribution in [-0.2, 0) is 16.1 Å². The Kier molecular flexibility index (Phi) is 4.63. The van der Waals surface area contributed by atoms with Gasteiger partial charge in [0.25, 0.3) is 0 Å². The van der Waals surface area contributed by atoms with Crippen LogP contribution in [0.2, 0.25) is 0 Å². The average molecular weight is 239 g/mol. The maximum absolute atomic E-state index is 13.4. The number of aryl methyl sites for hydroxylation is 2. The molecule has 0 bridgehead atoms. The highest BCUT2D eigenvalue weighted by atomic mass is 19.1. The molecule has 0 fully saturated rings. The van der Waals surface area contributed by atoms with Crippen LogP contribution < -0.4 is 5.32 Å². The number of carbonyl (C=O) groups is 1. The van der Waals surface area contributed by atoms with Crippen molar-refractivity contribution in [1.29, 1.82) is 0 Å². The molecular formula is C13H18FNO2. The van der Waals surface area contributed by atoms with Crippen molar-refractivity contribution in [1.82, 2.24) is 5.32 Å². The molecule has 0 spiro atoms. The van der Waals surface area contributed by atoms with Gasteiger partial charge in [-0.05, 0) is 37.5 Å². The number of ether oxygens (including phenoxy) is 1. The van der Waals surface area contributed by atoms with Gasteiger partial charge in [-0.15, -0.1) is 0 Å². The van der Waals surface area contributed by atoms with Crippen LogP contribution in [0.25, 0.3) is 0 Å². The first kappa shape index (κ1) is 13.6. The third-order valence-electron chi connectivity index (χ3n) is 2.69. The van der Waals surface area contributed by atoms with Crippen LogP contribution in [-0.4, -0.2) is 19.1 Å². The van der Waals surface area contributed by atoms with Crippen LogP contribution in [0.5, 0.6) is 0 Å². The molecule has 0 heterocycles. The second kappa shape index (κ2) is 5.77. The fourth-order valence-electron chi connectivity index (χ4n) is 1.58. The molecule has 0 saturated heterocycles. The molecule has 0 aliphatic rings. The number of carbonyl (C=O) groups excluding carboxylic acids is 1. The minimum atomic E-state index is -0.474. The quantitative estimate of drug-likeness (QED) is 0.873. The predicted molar refractivity (Wildman–Crippen MR) is 64.2 cm³/mol. The molecule has 0 aliphatic carbocycles. The summed E-state index contributed by atoms with van der Waals surface area (Å²) in [6.45, 7) is 5.49. The van der Waals surface area contributed by atoms with Crippen LogP contribution in [0.3, 0.4) is 0 Å². The smallest absolute Gasteiger partial charge is 0.249 e. The molecule has 1 aromatic carbocycles. The second-order valence-corrected chi connectivity index (χ2v) is 4.14. The molecule has 0 aliphatic heterocycles. The van der Waals surface area contributed by atoms with Crippen LogP contribution in [0.1, 0.15) is 23.6 Å². The molecule has 0 saturated carbocycles. The molecule has 17 heavy (non-hydrogen) atoms. The van der Waals surface area contributed by atoms with Gasteiger partial charge in [-0.2, -0.15) is 0 Å². The van der Waals surface area contributed by atoms with Gasteiger partial charge in [0.15, 0.2) is 0 Å². The van der Waals surface area contributed by atoms with Gasteiger partial charge in [0, 0.05) is 13.7 Å². The summed E-state index contributed by atoms with van der Waals surface area (Å²) in [6.07, 6.45) is -0.474. The zero-order valence-corrected chi connectivity index (χ0v) is 10.6. The molecule has 3 nitrogen and oxygen atoms in total. The van der Waals surface area contributed by atoms with Gasteiger partial charge in [0.1, 0.15) is 11.9 Å². The van der Waals surface area contributed by atoms with Crippen molar-refractivity contribution in [2.45, 2.75) is 33.4 Å². The highest BCUT2D eigenvalue weighted by Crippen LogP contribution is 2.14. The van der Waals surface area contributed by atoms with Gasteiger partial charge in [-0.1, -0.05) is 12.1 Å². The van der Waals surface area contributed by atoms with E-state index in [4.69, 9.17) is 4.74 Å². The van der Waals surface area contributed by atoms with E-state index >= 15 is 0 Å². The highest BCUT2D eigenvalue weighted by molar-refractivity contribution is 5.80. The van der Waals surface area contributed by atoms with E-state index < -0.39 is 6.10 Å². The third-order valence-corrected chi connectivity index (χ3v) is 2.69. The summed E-state index contributed by atoms with van der Waals surface area (Å²) in [7, 11) is 1.48. The Balaban J connectivity index is 2.67. The van der Waals surface area contributed by atoms with Gasteiger partial charge in [-0.3, -0.25) is 4.79 Å². The molecule has 94 valence electrons. The predicted octanol–water partition coefficient (Wildman–Crippen LogP) is 2.09. The number of benzene rings is 1. The van der Waals surface area contributed by atoms with Gasteiger partial charge < -0.3 is 10.1 Å². The molecule has 1 atom stereocenters. The number of halogens is 1. The molecule has 1 N–H and O–H groups in total. The van der Waals surface area contributed by atoms with Gasteiger partial charge in [-0.25, -0.2) is 4.39 Å². The summed E-state index contributed by atoms with van der Waals surface area (Å²) >= 11 is 0. The van der Waals surface area contributed by atoms with Crippen LogP contribution in [0.4, 0.5) is 4.39 Å². The van der Waals surface area contributed by atoms with E-state index in [0.717, 1.165) is 5.56 Å². The minimum absolute atomic E-state index is 0.174. The SMILES string of the molecule is COC(C)C(=O)NCc1cc(C)c(F)c(C)c1. The maximum Gasteiger partial charge on any atom is 0.249 e. The number of hydrogen-bond donors (Lipinski definition) is 1. The monoisotopic (exact) mass is 239 g/mol. The Labute approximate surface area is 101 Å². The fraction of sp³-hybridized carbons (Fsp3) is 0.462. The van der Waals surface area contributed by atoms with Crippen molar-refractivity contribution in [3.05, 3.63) is 34.6 Å². The van der Waals surface area contributed by atoms with E-state index in [9.17, 15) is 9.18 Å². The van der Waals surface area contributed by atoms with E-state index in [1.807, 2.05) is 0 Å². The lowest BCUT2D eigenvalue weighted by Crippen LogP contribution is -2.33. The second-order valence-electron chi connectivity index (χ2n) is 4.14. The summed E-state index contributed by atoms with van der Waals surface area (Å²) in [5.41, 5.74) is 2.07. The molecular weight excluding hydrogens is 221 g/mol. The highest BCUT2D eigenvalue weighted by Gasteiger charge is 2.11. The molecule has 4 heteroatoms. The van der Waals surface area contributed by atoms with Crippen LogP contribution >= 0.6 is 0 Å². The van der Waals surface area contributed by atoms with Crippen molar-refractivity contribution < 1.29 is 13.9 Å². The Morgan fingerprint density at radius 3 is 2.41 bits per heavy atom. The zero-order valence-electron chi connectivity index (χ0n) is 10.6. The van der Waals surface area contributed by atoms with Crippen molar-refractivity contribution in [2.24, 2.45) is 0 Å². The van der Waals surface area contributed by atoms with Gasteiger partial charge in [0.2, 0.25) is 5.91 Å². The van der Waals surface area contributed by atoms with E-state index in [2.05, 4.69) is 5.32 Å². The summed E-state index contributed by atoms with van der Waals surface area (Å²) in [6, 6.07) is 3.47. The summed E-state index contributed by atoms with van der Waals surface area (Å²) in [5.74, 6) is -0.363. The standard InChI is InChI=1S/C13H18FNO2/c1-8-5-11(6-9(2)12(8)14)7-15-13(16)10(3)17-4/h5-6,10H,7H2,1-4H3,(H,15,16). The zero-order chi connectivity index (χ0) is 13.0. The Morgan fingerprint density at radius 2 is 1.94 bits per heavy atom. The first-order valence-electron chi connectivity index (χ1n) is 5.51. The summed E-state index contributed by atoms with van der Waals surface area (Å²) in [4.78, 5) is 11.5. The normalized spacial score (nSPS) is 12.3. The summed E-state index contributed by atoms with van der Waals surface area (Å²) < 4.78 is 18.3. The molecule has 0 radical (unpaired) electrons. The largest absolute Gasteiger partial charge is 0.372 e. The minimum Gasteiger partial charge on any atom is -0.372 e. The lowest BCUT2D eigenvalue weighted by Gasteiger charge is -2.11. The van der Waals surface area contributed by atoms with E-state index in [1.54, 1.807) is 32.9 Å². The molecule has 0 aromatic heterocycles. The molecule has 1 amide bonds. The molecule has 1 rings (SSSR count). The fourth-order valence-corrected chi connectivity index (χ4v) is 1.58. The third kappa shape index (κ3) is 3.53.